The highest BCUT2D eigenvalue weighted by Crippen LogP contribution is 2.26. The Balaban J connectivity index is 3.28. The molecule has 0 atom stereocenters. The monoisotopic (exact) mass is 330 g/mol. The van der Waals surface area contributed by atoms with Crippen molar-refractivity contribution in [3.63, 3.8) is 0 Å². The highest BCUT2D eigenvalue weighted by Gasteiger charge is 2.12. The van der Waals surface area contributed by atoms with E-state index >= 15 is 0 Å². The van der Waals surface area contributed by atoms with Crippen LogP contribution in [0.1, 0.15) is 10.4 Å². The molecule has 1 rings (SSSR count). The zero-order chi connectivity index (χ0) is 10.0. The molecule has 0 aliphatic rings. The van der Waals surface area contributed by atoms with Crippen LogP contribution in [-0.4, -0.2) is 5.91 Å². The van der Waals surface area contributed by atoms with Gasteiger partial charge in [-0.05, 0) is 34.7 Å². The minimum atomic E-state index is -0.409. The Labute approximate surface area is 98.7 Å². The van der Waals surface area contributed by atoms with E-state index in [0.29, 0.717) is 19.2 Å². The lowest BCUT2D eigenvalue weighted by atomic mass is 10.2. The predicted octanol–water partition coefficient (Wildman–Crippen LogP) is 2.20. The molecule has 0 saturated heterocycles. The molecule has 3 N–H and O–H groups in total. The van der Waals surface area contributed by atoms with Crippen molar-refractivity contribution in [2.24, 2.45) is 5.84 Å². The summed E-state index contributed by atoms with van der Waals surface area (Å²) in [5.41, 5.74) is 2.39. The van der Waals surface area contributed by atoms with Crippen molar-refractivity contribution >= 4 is 51.7 Å². The molecule has 1 aromatic carbocycles. The first kappa shape index (κ1) is 11.0. The number of nitrogens with two attached hydrogens (primary N) is 1. The van der Waals surface area contributed by atoms with Gasteiger partial charge in [-0.1, -0.05) is 23.2 Å². The second kappa shape index (κ2) is 4.45. The molecule has 0 radical (unpaired) electrons. The van der Waals surface area contributed by atoms with Gasteiger partial charge >= 0.3 is 0 Å². The zero-order valence-electron chi connectivity index (χ0n) is 6.27. The Bertz CT molecular complexity index is 357. The number of amides is 1. The van der Waals surface area contributed by atoms with Gasteiger partial charge in [0.1, 0.15) is 0 Å². The van der Waals surface area contributed by atoms with Crippen LogP contribution in [-0.2, 0) is 0 Å². The summed E-state index contributed by atoms with van der Waals surface area (Å²) < 4.78 is 0.631. The van der Waals surface area contributed by atoms with Gasteiger partial charge in [-0.3, -0.25) is 10.2 Å². The van der Waals surface area contributed by atoms with E-state index in [1.807, 2.05) is 28.0 Å². The fourth-order valence-electron chi connectivity index (χ4n) is 0.799. The molecule has 6 heteroatoms. The first-order valence-electron chi connectivity index (χ1n) is 3.21. The lowest BCUT2D eigenvalue weighted by Gasteiger charge is -2.04. The maximum Gasteiger partial charge on any atom is 0.266 e. The number of hydrazine groups is 1. The Morgan fingerprint density at radius 1 is 1.46 bits per heavy atom. The molecule has 0 aliphatic carbocycles. The molecular formula is C7H5Cl2IN2O. The highest BCUT2D eigenvalue weighted by molar-refractivity contribution is 14.1. The molecular weight excluding hydrogens is 326 g/mol. The first-order valence-corrected chi connectivity index (χ1v) is 5.05. The summed E-state index contributed by atoms with van der Waals surface area (Å²) in [6.07, 6.45) is 0. The van der Waals surface area contributed by atoms with E-state index in [1.165, 1.54) is 6.07 Å². The zero-order valence-corrected chi connectivity index (χ0v) is 9.94. The summed E-state index contributed by atoms with van der Waals surface area (Å²) in [6.45, 7) is 0. The van der Waals surface area contributed by atoms with Gasteiger partial charge in [0, 0.05) is 8.59 Å². The van der Waals surface area contributed by atoms with Crippen LogP contribution in [0.5, 0.6) is 0 Å². The highest BCUT2D eigenvalue weighted by atomic mass is 127. The molecule has 0 fully saturated rings. The second-order valence-electron chi connectivity index (χ2n) is 2.22. The van der Waals surface area contributed by atoms with Crippen molar-refractivity contribution in [3.05, 3.63) is 31.3 Å². The predicted molar refractivity (Wildman–Crippen MR) is 60.8 cm³/mol. The lowest BCUT2D eigenvalue weighted by molar-refractivity contribution is 0.0953. The molecule has 0 saturated carbocycles. The van der Waals surface area contributed by atoms with E-state index < -0.39 is 5.91 Å². The normalized spacial score (nSPS) is 9.85. The maximum absolute atomic E-state index is 11.2. The van der Waals surface area contributed by atoms with E-state index in [4.69, 9.17) is 29.0 Å². The smallest absolute Gasteiger partial charge is 0.266 e. The van der Waals surface area contributed by atoms with Crippen molar-refractivity contribution in [1.29, 1.82) is 0 Å². The SMILES string of the molecule is NNC(=O)c1cc(Cl)cc(Cl)c1I. The number of nitrogens with one attached hydrogen (secondary N) is 1. The maximum atomic E-state index is 11.2. The van der Waals surface area contributed by atoms with E-state index in [2.05, 4.69) is 0 Å². The lowest BCUT2D eigenvalue weighted by Crippen LogP contribution is -2.30. The van der Waals surface area contributed by atoms with Crippen molar-refractivity contribution in [3.8, 4) is 0 Å². The molecule has 0 aromatic heterocycles. The molecule has 0 unspecified atom stereocenters. The fourth-order valence-corrected chi connectivity index (χ4v) is 1.85. The number of carbonyl (C=O) groups excluding carboxylic acids is 1. The molecule has 0 spiro atoms. The molecule has 13 heavy (non-hydrogen) atoms. The van der Waals surface area contributed by atoms with Crippen LogP contribution < -0.4 is 11.3 Å². The van der Waals surface area contributed by atoms with Crippen LogP contribution in [0.4, 0.5) is 0 Å². The van der Waals surface area contributed by atoms with Gasteiger partial charge in [0.15, 0.2) is 0 Å². The molecule has 1 amide bonds. The number of hydrogen-bond donors (Lipinski definition) is 2. The van der Waals surface area contributed by atoms with Gasteiger partial charge in [0.05, 0.1) is 10.6 Å². The minimum Gasteiger partial charge on any atom is -0.290 e. The first-order chi connectivity index (χ1) is 6.06. The number of benzene rings is 1. The van der Waals surface area contributed by atoms with Gasteiger partial charge in [0.25, 0.3) is 5.91 Å². The minimum absolute atomic E-state index is 0.376. The summed E-state index contributed by atoms with van der Waals surface area (Å²) in [5.74, 6) is 4.58. The Kier molecular flexibility index (Phi) is 3.78. The third-order valence-corrected chi connectivity index (χ3v) is 3.37. The van der Waals surface area contributed by atoms with Crippen LogP contribution in [0.15, 0.2) is 12.1 Å². The molecule has 0 aliphatic heterocycles. The third kappa shape index (κ3) is 2.46. The summed E-state index contributed by atoms with van der Waals surface area (Å²) in [4.78, 5) is 11.2. The summed E-state index contributed by atoms with van der Waals surface area (Å²) in [7, 11) is 0. The van der Waals surface area contributed by atoms with Gasteiger partial charge in [0.2, 0.25) is 0 Å². The van der Waals surface area contributed by atoms with Crippen molar-refractivity contribution in [1.82, 2.24) is 5.43 Å². The van der Waals surface area contributed by atoms with Crippen molar-refractivity contribution in [2.45, 2.75) is 0 Å². The van der Waals surface area contributed by atoms with Crippen LogP contribution in [0.25, 0.3) is 0 Å². The molecule has 70 valence electrons. The van der Waals surface area contributed by atoms with Crippen LogP contribution in [0.2, 0.25) is 10.0 Å². The van der Waals surface area contributed by atoms with E-state index in [-0.39, 0.29) is 0 Å². The van der Waals surface area contributed by atoms with Crippen LogP contribution in [0, 0.1) is 3.57 Å². The number of carbonyl (C=O) groups is 1. The Hall–Kier alpha value is -0.0400. The van der Waals surface area contributed by atoms with E-state index in [1.54, 1.807) is 6.07 Å². The molecule has 0 bridgehead atoms. The van der Waals surface area contributed by atoms with Gasteiger partial charge < -0.3 is 0 Å². The van der Waals surface area contributed by atoms with E-state index in [0.717, 1.165) is 0 Å². The number of hydrogen-bond acceptors (Lipinski definition) is 2. The summed E-state index contributed by atoms with van der Waals surface area (Å²) in [6, 6.07) is 3.08. The second-order valence-corrected chi connectivity index (χ2v) is 4.15. The molecule has 1 aromatic rings. The molecule has 0 heterocycles. The third-order valence-electron chi connectivity index (χ3n) is 1.37. The fraction of sp³-hybridized carbons (Fsp3) is 0. The average Bonchev–Trinajstić information content (AvgIpc) is 2.10. The van der Waals surface area contributed by atoms with Crippen LogP contribution in [0.3, 0.4) is 0 Å². The van der Waals surface area contributed by atoms with Gasteiger partial charge in [-0.15, -0.1) is 0 Å². The van der Waals surface area contributed by atoms with Gasteiger partial charge in [-0.25, -0.2) is 5.84 Å². The number of halogens is 3. The summed E-state index contributed by atoms with van der Waals surface area (Å²) in [5, 5.41) is 0.843. The topological polar surface area (TPSA) is 55.1 Å². The Morgan fingerprint density at radius 3 is 2.62 bits per heavy atom. The quantitative estimate of drug-likeness (QED) is 0.273. The van der Waals surface area contributed by atoms with Crippen molar-refractivity contribution in [2.75, 3.05) is 0 Å². The van der Waals surface area contributed by atoms with E-state index in [9.17, 15) is 4.79 Å². The standard InChI is InChI=1S/C7H5Cl2IN2O/c8-3-1-4(7(13)12-11)6(10)5(9)2-3/h1-2H,11H2,(H,12,13). The van der Waals surface area contributed by atoms with Crippen LogP contribution >= 0.6 is 45.8 Å². The number of nitrogen functional groups attached to an aromatic ring is 1. The molecule has 3 nitrogen and oxygen atoms in total. The van der Waals surface area contributed by atoms with Crippen molar-refractivity contribution < 1.29 is 4.79 Å². The van der Waals surface area contributed by atoms with Gasteiger partial charge in [-0.2, -0.15) is 0 Å². The summed E-state index contributed by atoms with van der Waals surface area (Å²) >= 11 is 13.5. The largest absolute Gasteiger partial charge is 0.290 e. The Morgan fingerprint density at radius 2 is 2.08 bits per heavy atom. The average molecular weight is 331 g/mol. The number of rotatable bonds is 1.